The van der Waals surface area contributed by atoms with Gasteiger partial charge in [-0.1, -0.05) is 13.8 Å². The van der Waals surface area contributed by atoms with Crippen molar-refractivity contribution in [3.63, 3.8) is 0 Å². The first-order valence-corrected chi connectivity index (χ1v) is 6.75. The molecule has 94 valence electrons. The summed E-state index contributed by atoms with van der Waals surface area (Å²) >= 11 is 1.74. The van der Waals surface area contributed by atoms with Crippen LogP contribution in [0.5, 0.6) is 0 Å². The summed E-state index contributed by atoms with van der Waals surface area (Å²) < 4.78 is 0. The van der Waals surface area contributed by atoms with Crippen molar-refractivity contribution in [2.75, 3.05) is 25.4 Å². The van der Waals surface area contributed by atoms with Crippen LogP contribution in [0.1, 0.15) is 13.8 Å². The standard InChI is InChI=1S/C12H18N2O2S/c1-3-13(4-2)9-10-17-12-7-5-11(6-8-12)14(15)16/h5-8H,3-4,9-10H2,1-2H3. The maximum absolute atomic E-state index is 10.5. The fraction of sp³-hybridized carbons (Fsp3) is 0.500. The zero-order valence-corrected chi connectivity index (χ0v) is 11.1. The predicted molar refractivity (Wildman–Crippen MR) is 71.6 cm³/mol. The second-order valence-electron chi connectivity index (χ2n) is 3.63. The van der Waals surface area contributed by atoms with E-state index in [1.54, 1.807) is 23.9 Å². The Hall–Kier alpha value is -1.07. The molecule has 0 aliphatic carbocycles. The monoisotopic (exact) mass is 254 g/mol. The molecule has 17 heavy (non-hydrogen) atoms. The lowest BCUT2D eigenvalue weighted by Crippen LogP contribution is -2.25. The number of hydrogen-bond donors (Lipinski definition) is 0. The first-order valence-electron chi connectivity index (χ1n) is 5.77. The lowest BCUT2D eigenvalue weighted by Gasteiger charge is -2.17. The molecule has 5 heteroatoms. The molecule has 0 saturated heterocycles. The highest BCUT2D eigenvalue weighted by Crippen LogP contribution is 2.21. The molecular formula is C12H18N2O2S. The van der Waals surface area contributed by atoms with Gasteiger partial charge in [0.05, 0.1) is 4.92 Å². The van der Waals surface area contributed by atoms with E-state index in [4.69, 9.17) is 0 Å². The minimum atomic E-state index is -0.371. The van der Waals surface area contributed by atoms with Gasteiger partial charge in [-0.3, -0.25) is 10.1 Å². The Bertz CT molecular complexity index is 350. The summed E-state index contributed by atoms with van der Waals surface area (Å²) in [5.41, 5.74) is 0.151. The minimum Gasteiger partial charge on any atom is -0.303 e. The molecular weight excluding hydrogens is 236 g/mol. The minimum absolute atomic E-state index is 0.151. The Morgan fingerprint density at radius 1 is 1.24 bits per heavy atom. The van der Waals surface area contributed by atoms with Gasteiger partial charge in [0.2, 0.25) is 0 Å². The van der Waals surface area contributed by atoms with Crippen molar-refractivity contribution in [2.24, 2.45) is 0 Å². The van der Waals surface area contributed by atoms with Gasteiger partial charge in [-0.15, -0.1) is 11.8 Å². The lowest BCUT2D eigenvalue weighted by molar-refractivity contribution is -0.384. The van der Waals surface area contributed by atoms with Gasteiger partial charge >= 0.3 is 0 Å². The molecule has 0 heterocycles. The van der Waals surface area contributed by atoms with Crippen LogP contribution in [0.2, 0.25) is 0 Å². The molecule has 4 nitrogen and oxygen atoms in total. The molecule has 0 aliphatic heterocycles. The van der Waals surface area contributed by atoms with Crippen molar-refractivity contribution in [1.29, 1.82) is 0 Å². The number of non-ortho nitro benzene ring substituents is 1. The summed E-state index contributed by atoms with van der Waals surface area (Å²) in [4.78, 5) is 13.6. The first-order chi connectivity index (χ1) is 8.17. The number of nitrogens with zero attached hydrogens (tertiary/aromatic N) is 2. The second kappa shape index (κ2) is 7.29. The van der Waals surface area contributed by atoms with Crippen LogP contribution in [0.3, 0.4) is 0 Å². The van der Waals surface area contributed by atoms with E-state index in [1.807, 2.05) is 12.1 Å². The van der Waals surface area contributed by atoms with Crippen molar-refractivity contribution in [3.8, 4) is 0 Å². The molecule has 1 rings (SSSR count). The van der Waals surface area contributed by atoms with E-state index in [1.165, 1.54) is 0 Å². The number of benzene rings is 1. The molecule has 1 aromatic carbocycles. The largest absolute Gasteiger partial charge is 0.303 e. The number of nitro benzene ring substituents is 1. The molecule has 0 atom stereocenters. The summed E-state index contributed by atoms with van der Waals surface area (Å²) in [7, 11) is 0. The van der Waals surface area contributed by atoms with Gasteiger partial charge in [0, 0.05) is 29.3 Å². The van der Waals surface area contributed by atoms with Gasteiger partial charge in [-0.05, 0) is 25.2 Å². The molecule has 0 amide bonds. The van der Waals surface area contributed by atoms with Crippen LogP contribution >= 0.6 is 11.8 Å². The Balaban J connectivity index is 2.39. The van der Waals surface area contributed by atoms with Crippen LogP contribution < -0.4 is 0 Å². The maximum Gasteiger partial charge on any atom is 0.269 e. The molecule has 0 aliphatic rings. The third-order valence-electron chi connectivity index (χ3n) is 2.62. The number of nitro groups is 1. The van der Waals surface area contributed by atoms with E-state index >= 15 is 0 Å². The number of hydrogen-bond acceptors (Lipinski definition) is 4. The van der Waals surface area contributed by atoms with Gasteiger partial charge in [-0.2, -0.15) is 0 Å². The van der Waals surface area contributed by atoms with Crippen LogP contribution in [0.4, 0.5) is 5.69 Å². The van der Waals surface area contributed by atoms with Crippen molar-refractivity contribution in [3.05, 3.63) is 34.4 Å². The molecule has 0 fully saturated rings. The first kappa shape index (κ1) is 14.0. The Labute approximate surface area is 106 Å². The molecule has 0 bridgehead atoms. The summed E-state index contributed by atoms with van der Waals surface area (Å²) in [6.45, 7) is 7.49. The van der Waals surface area contributed by atoms with Gasteiger partial charge in [0.1, 0.15) is 0 Å². The van der Waals surface area contributed by atoms with Crippen LogP contribution in [0.15, 0.2) is 29.2 Å². The van der Waals surface area contributed by atoms with Crippen molar-refractivity contribution >= 4 is 17.4 Å². The van der Waals surface area contributed by atoms with Gasteiger partial charge in [0.25, 0.3) is 5.69 Å². The van der Waals surface area contributed by atoms with Crippen LogP contribution in [-0.2, 0) is 0 Å². The number of thioether (sulfide) groups is 1. The molecule has 0 radical (unpaired) electrons. The topological polar surface area (TPSA) is 46.4 Å². The fourth-order valence-corrected chi connectivity index (χ4v) is 2.41. The van der Waals surface area contributed by atoms with Crippen LogP contribution in [0.25, 0.3) is 0 Å². The second-order valence-corrected chi connectivity index (χ2v) is 4.79. The Morgan fingerprint density at radius 2 is 1.82 bits per heavy atom. The van der Waals surface area contributed by atoms with E-state index < -0.39 is 0 Å². The lowest BCUT2D eigenvalue weighted by atomic mass is 10.3. The van der Waals surface area contributed by atoms with E-state index in [9.17, 15) is 10.1 Å². The molecule has 1 aromatic rings. The zero-order chi connectivity index (χ0) is 12.7. The Morgan fingerprint density at radius 3 is 2.29 bits per heavy atom. The van der Waals surface area contributed by atoms with E-state index in [2.05, 4.69) is 18.7 Å². The fourth-order valence-electron chi connectivity index (χ4n) is 1.50. The summed E-state index contributed by atoms with van der Waals surface area (Å²) in [6.07, 6.45) is 0. The van der Waals surface area contributed by atoms with Crippen molar-refractivity contribution in [2.45, 2.75) is 18.7 Å². The van der Waals surface area contributed by atoms with E-state index in [0.717, 1.165) is 30.3 Å². The summed E-state index contributed by atoms with van der Waals surface area (Å²) in [5, 5.41) is 10.5. The van der Waals surface area contributed by atoms with Gasteiger partial charge in [0.15, 0.2) is 0 Å². The summed E-state index contributed by atoms with van der Waals surface area (Å²) in [5.74, 6) is 1.01. The number of rotatable bonds is 7. The highest BCUT2D eigenvalue weighted by atomic mass is 32.2. The van der Waals surface area contributed by atoms with Crippen LogP contribution in [0, 0.1) is 10.1 Å². The SMILES string of the molecule is CCN(CC)CCSc1ccc([N+](=O)[O-])cc1. The average molecular weight is 254 g/mol. The zero-order valence-electron chi connectivity index (χ0n) is 10.3. The molecule has 0 spiro atoms. The van der Waals surface area contributed by atoms with E-state index in [0.29, 0.717) is 0 Å². The smallest absolute Gasteiger partial charge is 0.269 e. The normalized spacial score (nSPS) is 10.8. The molecule has 0 saturated carbocycles. The highest BCUT2D eigenvalue weighted by molar-refractivity contribution is 7.99. The van der Waals surface area contributed by atoms with Gasteiger partial charge < -0.3 is 4.90 Å². The van der Waals surface area contributed by atoms with Crippen molar-refractivity contribution in [1.82, 2.24) is 4.90 Å². The Kier molecular flexibility index (Phi) is 6.00. The van der Waals surface area contributed by atoms with Crippen LogP contribution in [-0.4, -0.2) is 35.2 Å². The highest BCUT2D eigenvalue weighted by Gasteiger charge is 2.04. The van der Waals surface area contributed by atoms with Crippen molar-refractivity contribution < 1.29 is 4.92 Å². The summed E-state index contributed by atoms with van der Waals surface area (Å²) in [6, 6.07) is 6.73. The van der Waals surface area contributed by atoms with Gasteiger partial charge in [-0.25, -0.2) is 0 Å². The maximum atomic E-state index is 10.5. The molecule has 0 N–H and O–H groups in total. The average Bonchev–Trinajstić information content (AvgIpc) is 2.35. The predicted octanol–water partition coefficient (Wildman–Crippen LogP) is 3.03. The third-order valence-corrected chi connectivity index (χ3v) is 3.61. The quantitative estimate of drug-likeness (QED) is 0.426. The third kappa shape index (κ3) is 4.75. The molecule has 0 unspecified atom stereocenters. The van der Waals surface area contributed by atoms with E-state index in [-0.39, 0.29) is 10.6 Å². The molecule has 0 aromatic heterocycles.